The second-order valence-electron chi connectivity index (χ2n) is 4.19. The third-order valence-corrected chi connectivity index (χ3v) is 2.22. The van der Waals surface area contributed by atoms with Gasteiger partial charge in [0.15, 0.2) is 0 Å². The summed E-state index contributed by atoms with van der Waals surface area (Å²) in [7, 11) is 0. The number of rotatable bonds is 7. The minimum absolute atomic E-state index is 0.0633. The van der Waals surface area contributed by atoms with E-state index in [1.54, 1.807) is 6.92 Å². The third-order valence-electron chi connectivity index (χ3n) is 2.22. The number of hydrogen-bond donors (Lipinski definition) is 2. The van der Waals surface area contributed by atoms with Gasteiger partial charge in [0, 0.05) is 5.54 Å². The van der Waals surface area contributed by atoms with Gasteiger partial charge in [-0.2, -0.15) is 0 Å². The molecule has 0 aliphatic heterocycles. The van der Waals surface area contributed by atoms with Crippen molar-refractivity contribution in [3.8, 4) is 0 Å². The summed E-state index contributed by atoms with van der Waals surface area (Å²) in [5.41, 5.74) is -0.206. The van der Waals surface area contributed by atoms with Crippen LogP contribution in [-0.2, 0) is 14.3 Å². The Hall–Kier alpha value is -1.10. The molecule has 94 valence electrons. The highest BCUT2D eigenvalue weighted by Gasteiger charge is 2.17. The smallest absolute Gasteiger partial charge is 0.319 e. The minimum atomic E-state index is -0.343. The Labute approximate surface area is 96.9 Å². The van der Waals surface area contributed by atoms with Crippen molar-refractivity contribution in [2.75, 3.05) is 19.7 Å². The Morgan fingerprint density at radius 1 is 1.19 bits per heavy atom. The maximum absolute atomic E-state index is 11.4. The van der Waals surface area contributed by atoms with Gasteiger partial charge in [-0.3, -0.25) is 14.9 Å². The summed E-state index contributed by atoms with van der Waals surface area (Å²) in [6, 6.07) is 0. The second-order valence-corrected chi connectivity index (χ2v) is 4.19. The van der Waals surface area contributed by atoms with E-state index in [-0.39, 0.29) is 30.5 Å². The van der Waals surface area contributed by atoms with Gasteiger partial charge in [0.05, 0.1) is 19.7 Å². The molecule has 0 saturated heterocycles. The summed E-state index contributed by atoms with van der Waals surface area (Å²) in [5.74, 6) is -0.457. The van der Waals surface area contributed by atoms with E-state index in [1.807, 2.05) is 20.8 Å². The summed E-state index contributed by atoms with van der Waals surface area (Å²) in [6.07, 6.45) is 0.858. The Morgan fingerprint density at radius 2 is 1.81 bits per heavy atom. The highest BCUT2D eigenvalue weighted by atomic mass is 16.5. The van der Waals surface area contributed by atoms with Gasteiger partial charge in [0.1, 0.15) is 0 Å². The molecule has 0 atom stereocenters. The number of nitrogens with one attached hydrogen (secondary N) is 2. The SMILES string of the molecule is CCOC(=O)CNCC(=O)NC(C)(C)CC. The number of hydrogen-bond acceptors (Lipinski definition) is 4. The molecule has 0 fully saturated rings. The Morgan fingerprint density at radius 3 is 2.31 bits per heavy atom. The van der Waals surface area contributed by atoms with E-state index in [1.165, 1.54) is 0 Å². The first kappa shape index (κ1) is 14.9. The van der Waals surface area contributed by atoms with Crippen molar-refractivity contribution in [2.24, 2.45) is 0 Å². The molecule has 0 spiro atoms. The fraction of sp³-hybridized carbons (Fsp3) is 0.818. The van der Waals surface area contributed by atoms with Crippen molar-refractivity contribution in [3.63, 3.8) is 0 Å². The van der Waals surface area contributed by atoms with Crippen LogP contribution >= 0.6 is 0 Å². The summed E-state index contributed by atoms with van der Waals surface area (Å²) >= 11 is 0. The highest BCUT2D eigenvalue weighted by Crippen LogP contribution is 2.05. The largest absolute Gasteiger partial charge is 0.465 e. The van der Waals surface area contributed by atoms with Crippen LogP contribution in [0.3, 0.4) is 0 Å². The molecule has 0 aromatic carbocycles. The van der Waals surface area contributed by atoms with Crippen LogP contribution in [0.1, 0.15) is 34.1 Å². The van der Waals surface area contributed by atoms with E-state index in [9.17, 15) is 9.59 Å². The van der Waals surface area contributed by atoms with Crippen LogP contribution in [0.4, 0.5) is 0 Å². The van der Waals surface area contributed by atoms with Crippen LogP contribution < -0.4 is 10.6 Å². The Balaban J connectivity index is 3.70. The molecule has 0 rings (SSSR count). The van der Waals surface area contributed by atoms with Crippen molar-refractivity contribution in [1.82, 2.24) is 10.6 Å². The average Bonchev–Trinajstić information content (AvgIpc) is 2.17. The molecule has 5 nitrogen and oxygen atoms in total. The molecular weight excluding hydrogens is 208 g/mol. The fourth-order valence-electron chi connectivity index (χ4n) is 1.00. The van der Waals surface area contributed by atoms with Crippen LogP contribution in [0.25, 0.3) is 0 Å². The monoisotopic (exact) mass is 230 g/mol. The number of carbonyl (C=O) groups excluding carboxylic acids is 2. The molecule has 1 amide bonds. The molecule has 0 heterocycles. The zero-order valence-corrected chi connectivity index (χ0v) is 10.6. The summed E-state index contributed by atoms with van der Waals surface area (Å²) < 4.78 is 4.71. The zero-order chi connectivity index (χ0) is 12.6. The van der Waals surface area contributed by atoms with Gasteiger partial charge in [-0.25, -0.2) is 0 Å². The number of amides is 1. The lowest BCUT2D eigenvalue weighted by molar-refractivity contribution is -0.142. The van der Waals surface area contributed by atoms with Crippen LogP contribution in [-0.4, -0.2) is 37.1 Å². The molecule has 0 unspecified atom stereocenters. The standard InChI is InChI=1S/C11H22N2O3/c1-5-11(3,4)13-9(14)7-12-8-10(15)16-6-2/h12H,5-8H2,1-4H3,(H,13,14). The van der Waals surface area contributed by atoms with Crippen LogP contribution in [0.15, 0.2) is 0 Å². The van der Waals surface area contributed by atoms with E-state index in [0.717, 1.165) is 6.42 Å². The molecular formula is C11H22N2O3. The maximum Gasteiger partial charge on any atom is 0.319 e. The van der Waals surface area contributed by atoms with E-state index in [2.05, 4.69) is 10.6 Å². The predicted octanol–water partition coefficient (Wildman–Crippen LogP) is 0.444. The lowest BCUT2D eigenvalue weighted by atomic mass is 10.0. The Bertz CT molecular complexity index is 239. The topological polar surface area (TPSA) is 67.4 Å². The first-order chi connectivity index (χ1) is 7.41. The average molecular weight is 230 g/mol. The quantitative estimate of drug-likeness (QED) is 0.623. The maximum atomic E-state index is 11.4. The minimum Gasteiger partial charge on any atom is -0.465 e. The molecule has 0 bridgehead atoms. The third kappa shape index (κ3) is 7.23. The van der Waals surface area contributed by atoms with Crippen LogP contribution in [0, 0.1) is 0 Å². The van der Waals surface area contributed by atoms with Crippen molar-refractivity contribution in [3.05, 3.63) is 0 Å². The van der Waals surface area contributed by atoms with E-state index in [0.29, 0.717) is 6.61 Å². The molecule has 0 aliphatic carbocycles. The molecule has 0 aromatic rings. The van der Waals surface area contributed by atoms with E-state index < -0.39 is 0 Å². The first-order valence-corrected chi connectivity index (χ1v) is 5.58. The first-order valence-electron chi connectivity index (χ1n) is 5.58. The summed E-state index contributed by atoms with van der Waals surface area (Å²) in [6.45, 7) is 8.21. The van der Waals surface area contributed by atoms with Gasteiger partial charge in [0.2, 0.25) is 5.91 Å². The van der Waals surface area contributed by atoms with Crippen LogP contribution in [0.5, 0.6) is 0 Å². The lowest BCUT2D eigenvalue weighted by Crippen LogP contribution is -2.47. The van der Waals surface area contributed by atoms with E-state index in [4.69, 9.17) is 4.74 Å². The van der Waals surface area contributed by atoms with Crippen molar-refractivity contribution in [1.29, 1.82) is 0 Å². The normalized spacial score (nSPS) is 11.0. The highest BCUT2D eigenvalue weighted by molar-refractivity contribution is 5.79. The van der Waals surface area contributed by atoms with E-state index >= 15 is 0 Å². The fourth-order valence-corrected chi connectivity index (χ4v) is 1.00. The van der Waals surface area contributed by atoms with Gasteiger partial charge < -0.3 is 10.1 Å². The molecule has 5 heteroatoms. The van der Waals surface area contributed by atoms with Gasteiger partial charge >= 0.3 is 5.97 Å². The Kier molecular flexibility index (Phi) is 6.72. The van der Waals surface area contributed by atoms with Crippen molar-refractivity contribution in [2.45, 2.75) is 39.7 Å². The molecule has 0 aromatic heterocycles. The number of ether oxygens (including phenoxy) is 1. The van der Waals surface area contributed by atoms with Crippen molar-refractivity contribution < 1.29 is 14.3 Å². The van der Waals surface area contributed by atoms with Gasteiger partial charge in [-0.15, -0.1) is 0 Å². The molecule has 2 N–H and O–H groups in total. The molecule has 0 saturated carbocycles. The summed E-state index contributed by atoms with van der Waals surface area (Å²) in [4.78, 5) is 22.4. The number of carbonyl (C=O) groups is 2. The predicted molar refractivity (Wildman–Crippen MR) is 62.0 cm³/mol. The molecule has 0 aliphatic rings. The van der Waals surface area contributed by atoms with Gasteiger partial charge in [-0.1, -0.05) is 6.92 Å². The zero-order valence-electron chi connectivity index (χ0n) is 10.6. The van der Waals surface area contributed by atoms with Gasteiger partial charge in [-0.05, 0) is 27.2 Å². The second kappa shape index (κ2) is 7.22. The van der Waals surface area contributed by atoms with Crippen LogP contribution in [0.2, 0.25) is 0 Å². The van der Waals surface area contributed by atoms with Crippen molar-refractivity contribution >= 4 is 11.9 Å². The van der Waals surface area contributed by atoms with Gasteiger partial charge in [0.25, 0.3) is 0 Å². The molecule has 0 radical (unpaired) electrons. The summed E-state index contributed by atoms with van der Waals surface area (Å²) in [5, 5.41) is 5.59. The number of esters is 1. The molecule has 16 heavy (non-hydrogen) atoms. The lowest BCUT2D eigenvalue weighted by Gasteiger charge is -2.24.